The zero-order chi connectivity index (χ0) is 10.6. The summed E-state index contributed by atoms with van der Waals surface area (Å²) in [6, 6.07) is 4.74. The molecule has 3 N–H and O–H groups in total. The van der Waals surface area contributed by atoms with E-state index >= 15 is 0 Å². The average molecular weight is 197 g/mol. The first-order chi connectivity index (χ1) is 6.65. The molecule has 0 aliphatic rings. The number of nitrogens with one attached hydrogen (secondary N) is 1. The van der Waals surface area contributed by atoms with Crippen LogP contribution in [-0.4, -0.2) is 27.2 Å². The Morgan fingerprint density at radius 3 is 2.79 bits per heavy atom. The van der Waals surface area contributed by atoms with E-state index in [-0.39, 0.29) is 5.82 Å². The predicted octanol–water partition coefficient (Wildman–Crippen LogP) is 1.06. The molecule has 0 bridgehead atoms. The number of nitrogens with two attached hydrogens (primary N) is 1. The Balaban J connectivity index is 2.74. The summed E-state index contributed by atoms with van der Waals surface area (Å²) < 4.78 is 13.4. The Labute approximate surface area is 83.7 Å². The van der Waals surface area contributed by atoms with Gasteiger partial charge in [-0.3, -0.25) is 0 Å². The Bertz CT molecular complexity index is 301. The second-order valence-corrected chi connectivity index (χ2v) is 3.24. The fourth-order valence-electron chi connectivity index (χ4n) is 1.23. The van der Waals surface area contributed by atoms with Crippen LogP contribution in [0.4, 0.5) is 15.8 Å². The average Bonchev–Trinajstić information content (AvgIpc) is 2.14. The fourth-order valence-corrected chi connectivity index (χ4v) is 1.23. The van der Waals surface area contributed by atoms with Crippen molar-refractivity contribution in [3.8, 4) is 0 Å². The molecule has 4 heteroatoms. The van der Waals surface area contributed by atoms with Crippen molar-refractivity contribution < 1.29 is 4.39 Å². The zero-order valence-electron chi connectivity index (χ0n) is 8.55. The van der Waals surface area contributed by atoms with Gasteiger partial charge in [0.05, 0.1) is 5.69 Å². The van der Waals surface area contributed by atoms with Crippen molar-refractivity contribution in [2.45, 2.75) is 0 Å². The van der Waals surface area contributed by atoms with Gasteiger partial charge in [0.1, 0.15) is 5.82 Å². The van der Waals surface area contributed by atoms with Crippen molar-refractivity contribution in [3.05, 3.63) is 24.0 Å². The molecule has 1 aromatic rings. The van der Waals surface area contributed by atoms with Gasteiger partial charge in [-0.15, -0.1) is 0 Å². The van der Waals surface area contributed by atoms with Crippen LogP contribution in [0.25, 0.3) is 0 Å². The van der Waals surface area contributed by atoms with Crippen molar-refractivity contribution in [1.29, 1.82) is 0 Å². The molecule has 0 unspecified atom stereocenters. The van der Waals surface area contributed by atoms with Crippen molar-refractivity contribution in [2.24, 2.45) is 0 Å². The Kier molecular flexibility index (Phi) is 3.71. The second-order valence-electron chi connectivity index (χ2n) is 3.24. The quantitative estimate of drug-likeness (QED) is 0.709. The molecule has 0 atom stereocenters. The van der Waals surface area contributed by atoms with E-state index in [1.54, 1.807) is 12.1 Å². The molecule has 0 radical (unpaired) electrons. The summed E-state index contributed by atoms with van der Waals surface area (Å²) in [5, 5.41) is 3.01. The molecule has 0 saturated carbocycles. The van der Waals surface area contributed by atoms with Gasteiger partial charge in [0.25, 0.3) is 0 Å². The Morgan fingerprint density at radius 2 is 2.21 bits per heavy atom. The Morgan fingerprint density at radius 1 is 1.50 bits per heavy atom. The van der Waals surface area contributed by atoms with Gasteiger partial charge in [0.15, 0.2) is 0 Å². The number of nitrogen functional groups attached to an aromatic ring is 1. The third-order valence-electron chi connectivity index (χ3n) is 2.08. The van der Waals surface area contributed by atoms with Crippen LogP contribution in [0, 0.1) is 5.82 Å². The molecule has 0 amide bonds. The van der Waals surface area contributed by atoms with E-state index in [0.29, 0.717) is 11.4 Å². The van der Waals surface area contributed by atoms with Crippen LogP contribution in [-0.2, 0) is 0 Å². The van der Waals surface area contributed by atoms with Crippen molar-refractivity contribution in [1.82, 2.24) is 5.32 Å². The lowest BCUT2D eigenvalue weighted by Gasteiger charge is -2.19. The van der Waals surface area contributed by atoms with E-state index in [4.69, 9.17) is 5.73 Å². The van der Waals surface area contributed by atoms with Crippen molar-refractivity contribution >= 4 is 11.4 Å². The summed E-state index contributed by atoms with van der Waals surface area (Å²) in [5.74, 6) is -0.274. The molecule has 0 aromatic heterocycles. The summed E-state index contributed by atoms with van der Waals surface area (Å²) in [6.07, 6.45) is 0. The lowest BCUT2D eigenvalue weighted by molar-refractivity contribution is 0.621. The highest BCUT2D eigenvalue weighted by Crippen LogP contribution is 2.19. The lowest BCUT2D eigenvalue weighted by atomic mass is 10.2. The van der Waals surface area contributed by atoms with Crippen LogP contribution in [0.2, 0.25) is 0 Å². The smallest absolute Gasteiger partial charge is 0.148 e. The number of hydrogen-bond donors (Lipinski definition) is 2. The number of anilines is 2. The van der Waals surface area contributed by atoms with E-state index in [1.807, 2.05) is 19.0 Å². The third-order valence-corrected chi connectivity index (χ3v) is 2.08. The molecule has 0 saturated heterocycles. The molecule has 78 valence electrons. The summed E-state index contributed by atoms with van der Waals surface area (Å²) in [4.78, 5) is 1.85. The van der Waals surface area contributed by atoms with Gasteiger partial charge in [-0.1, -0.05) is 0 Å². The summed E-state index contributed by atoms with van der Waals surface area (Å²) in [5.41, 5.74) is 6.49. The van der Waals surface area contributed by atoms with Crippen LogP contribution in [0.5, 0.6) is 0 Å². The SMILES string of the molecule is CNCCN(C)c1ccc(N)cc1F. The molecule has 1 rings (SSSR count). The maximum absolute atomic E-state index is 13.4. The molecule has 1 aromatic carbocycles. The van der Waals surface area contributed by atoms with E-state index < -0.39 is 0 Å². The lowest BCUT2D eigenvalue weighted by Crippen LogP contribution is -2.27. The van der Waals surface area contributed by atoms with E-state index in [9.17, 15) is 4.39 Å². The standard InChI is InChI=1S/C10H16FN3/c1-13-5-6-14(2)10-4-3-8(12)7-9(10)11/h3-4,7,13H,5-6,12H2,1-2H3. The monoisotopic (exact) mass is 197 g/mol. The summed E-state index contributed by atoms with van der Waals surface area (Å²) in [7, 11) is 3.72. The van der Waals surface area contributed by atoms with Crippen LogP contribution in [0.3, 0.4) is 0 Å². The van der Waals surface area contributed by atoms with E-state index in [2.05, 4.69) is 5.32 Å². The van der Waals surface area contributed by atoms with Crippen molar-refractivity contribution in [2.75, 3.05) is 37.8 Å². The van der Waals surface area contributed by atoms with Gasteiger partial charge in [-0.25, -0.2) is 4.39 Å². The first-order valence-corrected chi connectivity index (χ1v) is 4.56. The number of rotatable bonds is 4. The van der Waals surface area contributed by atoms with E-state index in [0.717, 1.165) is 13.1 Å². The first kappa shape index (κ1) is 10.8. The number of halogens is 1. The summed E-state index contributed by atoms with van der Waals surface area (Å²) >= 11 is 0. The minimum atomic E-state index is -0.274. The minimum absolute atomic E-state index is 0.274. The summed E-state index contributed by atoms with van der Waals surface area (Å²) in [6.45, 7) is 1.58. The molecular formula is C10H16FN3. The van der Waals surface area contributed by atoms with Crippen LogP contribution in [0.1, 0.15) is 0 Å². The van der Waals surface area contributed by atoms with E-state index in [1.165, 1.54) is 6.07 Å². The normalized spacial score (nSPS) is 10.2. The Hall–Kier alpha value is -1.29. The van der Waals surface area contributed by atoms with Crippen LogP contribution >= 0.6 is 0 Å². The number of nitrogens with zero attached hydrogens (tertiary/aromatic N) is 1. The second kappa shape index (κ2) is 4.81. The molecular weight excluding hydrogens is 181 g/mol. The largest absolute Gasteiger partial charge is 0.399 e. The molecule has 0 spiro atoms. The number of hydrogen-bond acceptors (Lipinski definition) is 3. The molecule has 0 fully saturated rings. The van der Waals surface area contributed by atoms with Gasteiger partial charge in [0.2, 0.25) is 0 Å². The molecule has 0 aliphatic heterocycles. The molecule has 0 heterocycles. The molecule has 0 aliphatic carbocycles. The maximum Gasteiger partial charge on any atom is 0.148 e. The maximum atomic E-state index is 13.4. The fraction of sp³-hybridized carbons (Fsp3) is 0.400. The van der Waals surface area contributed by atoms with Crippen LogP contribution < -0.4 is 16.0 Å². The molecule has 14 heavy (non-hydrogen) atoms. The number of benzene rings is 1. The van der Waals surface area contributed by atoms with Gasteiger partial charge in [-0.05, 0) is 25.2 Å². The minimum Gasteiger partial charge on any atom is -0.399 e. The predicted molar refractivity (Wildman–Crippen MR) is 58.0 cm³/mol. The third kappa shape index (κ3) is 2.60. The van der Waals surface area contributed by atoms with Gasteiger partial charge in [0, 0.05) is 25.8 Å². The highest BCUT2D eigenvalue weighted by atomic mass is 19.1. The highest BCUT2D eigenvalue weighted by molar-refractivity contribution is 5.53. The van der Waals surface area contributed by atoms with Gasteiger partial charge in [-0.2, -0.15) is 0 Å². The first-order valence-electron chi connectivity index (χ1n) is 4.56. The van der Waals surface area contributed by atoms with Gasteiger partial charge < -0.3 is 16.0 Å². The number of likely N-dealkylation sites (N-methyl/N-ethyl adjacent to an activating group) is 2. The molecule has 3 nitrogen and oxygen atoms in total. The van der Waals surface area contributed by atoms with Crippen LogP contribution in [0.15, 0.2) is 18.2 Å². The highest BCUT2D eigenvalue weighted by Gasteiger charge is 2.06. The topological polar surface area (TPSA) is 41.3 Å². The van der Waals surface area contributed by atoms with Gasteiger partial charge >= 0.3 is 0 Å². The van der Waals surface area contributed by atoms with Crippen molar-refractivity contribution in [3.63, 3.8) is 0 Å². The zero-order valence-corrected chi connectivity index (χ0v) is 8.55.